The van der Waals surface area contributed by atoms with E-state index in [1.807, 2.05) is 36.6 Å². The molecule has 146 valence electrons. The molecule has 0 spiro atoms. The van der Waals surface area contributed by atoms with Crippen molar-refractivity contribution in [1.82, 2.24) is 14.8 Å². The lowest BCUT2D eigenvalue weighted by Gasteiger charge is -2.08. The molecule has 0 fully saturated rings. The van der Waals surface area contributed by atoms with Crippen LogP contribution in [0.15, 0.2) is 53.9 Å². The molecule has 0 aliphatic heterocycles. The predicted octanol–water partition coefficient (Wildman–Crippen LogP) is 6.52. The highest BCUT2D eigenvalue weighted by Gasteiger charge is 2.17. The maximum atomic E-state index is 12.7. The molecule has 0 saturated heterocycles. The molecule has 1 amide bonds. The number of anilines is 1. The average molecular weight is 464 g/mol. The number of carbonyl (C=O) groups is 1. The van der Waals surface area contributed by atoms with Crippen molar-refractivity contribution in [3.63, 3.8) is 0 Å². The highest BCUT2D eigenvalue weighted by molar-refractivity contribution is 7.12. The van der Waals surface area contributed by atoms with E-state index < -0.39 is 0 Å². The molecule has 29 heavy (non-hydrogen) atoms. The van der Waals surface area contributed by atoms with Gasteiger partial charge < -0.3 is 5.32 Å². The SMILES string of the molecule is Cc1cc(NC(=O)c2ccc(Cl)cc2Cl)n(-c2nc(-c3ccc(Cl)cc3)cs2)n1. The number of hydrogen-bond donors (Lipinski definition) is 1. The molecule has 0 unspecified atom stereocenters. The van der Waals surface area contributed by atoms with Crippen LogP contribution in [0.1, 0.15) is 16.1 Å². The summed E-state index contributed by atoms with van der Waals surface area (Å²) in [6, 6.07) is 13.9. The third kappa shape index (κ3) is 4.31. The van der Waals surface area contributed by atoms with Gasteiger partial charge in [0.2, 0.25) is 5.13 Å². The third-order valence-electron chi connectivity index (χ3n) is 4.06. The van der Waals surface area contributed by atoms with Crippen molar-refractivity contribution in [2.45, 2.75) is 6.92 Å². The van der Waals surface area contributed by atoms with Gasteiger partial charge in [-0.15, -0.1) is 11.3 Å². The van der Waals surface area contributed by atoms with Crippen LogP contribution in [0.4, 0.5) is 5.82 Å². The van der Waals surface area contributed by atoms with E-state index in [1.54, 1.807) is 22.9 Å². The topological polar surface area (TPSA) is 59.8 Å². The van der Waals surface area contributed by atoms with E-state index in [0.717, 1.165) is 17.0 Å². The van der Waals surface area contributed by atoms with E-state index in [1.165, 1.54) is 17.4 Å². The highest BCUT2D eigenvalue weighted by Crippen LogP contribution is 2.28. The number of rotatable bonds is 4. The van der Waals surface area contributed by atoms with Gasteiger partial charge in [0.25, 0.3) is 5.91 Å². The summed E-state index contributed by atoms with van der Waals surface area (Å²) < 4.78 is 1.60. The normalized spacial score (nSPS) is 10.9. The molecule has 4 aromatic rings. The van der Waals surface area contributed by atoms with Crippen LogP contribution in [0.3, 0.4) is 0 Å². The molecule has 0 saturated carbocycles. The summed E-state index contributed by atoms with van der Waals surface area (Å²) in [4.78, 5) is 17.3. The summed E-state index contributed by atoms with van der Waals surface area (Å²) in [5.74, 6) is 0.137. The van der Waals surface area contributed by atoms with Crippen molar-refractivity contribution >= 4 is 57.9 Å². The Morgan fingerprint density at radius 1 is 1.03 bits per heavy atom. The Morgan fingerprint density at radius 2 is 1.76 bits per heavy atom. The maximum absolute atomic E-state index is 12.7. The van der Waals surface area contributed by atoms with Crippen LogP contribution in [-0.2, 0) is 0 Å². The van der Waals surface area contributed by atoms with Crippen LogP contribution in [-0.4, -0.2) is 20.7 Å². The van der Waals surface area contributed by atoms with Crippen LogP contribution in [0, 0.1) is 6.92 Å². The summed E-state index contributed by atoms with van der Waals surface area (Å²) in [5.41, 5.74) is 2.81. The van der Waals surface area contributed by atoms with E-state index in [9.17, 15) is 4.79 Å². The number of amides is 1. The quantitative estimate of drug-likeness (QED) is 0.375. The Bertz CT molecular complexity index is 1200. The number of benzene rings is 2. The molecule has 0 bridgehead atoms. The molecule has 4 rings (SSSR count). The van der Waals surface area contributed by atoms with Crippen LogP contribution in [0.5, 0.6) is 0 Å². The molecular formula is C20H13Cl3N4OS. The Balaban J connectivity index is 1.63. The molecular weight excluding hydrogens is 451 g/mol. The van der Waals surface area contributed by atoms with Gasteiger partial charge in [0.15, 0.2) is 0 Å². The fraction of sp³-hybridized carbons (Fsp3) is 0.0500. The predicted molar refractivity (Wildman–Crippen MR) is 119 cm³/mol. The van der Waals surface area contributed by atoms with Crippen LogP contribution in [0.25, 0.3) is 16.4 Å². The number of nitrogens with zero attached hydrogens (tertiary/aromatic N) is 3. The zero-order valence-electron chi connectivity index (χ0n) is 15.0. The van der Waals surface area contributed by atoms with Crippen molar-refractivity contribution < 1.29 is 4.79 Å². The van der Waals surface area contributed by atoms with E-state index in [0.29, 0.717) is 26.6 Å². The second-order valence-corrected chi connectivity index (χ2v) is 8.30. The Labute approximate surface area is 185 Å². The van der Waals surface area contributed by atoms with Crippen molar-refractivity contribution in [2.75, 3.05) is 5.32 Å². The Hall–Kier alpha value is -2.38. The minimum absolute atomic E-state index is 0.275. The second kappa shape index (κ2) is 8.16. The molecule has 1 N–H and O–H groups in total. The smallest absolute Gasteiger partial charge is 0.258 e. The van der Waals surface area contributed by atoms with Gasteiger partial charge in [-0.05, 0) is 37.3 Å². The number of hydrogen-bond acceptors (Lipinski definition) is 4. The number of thiazole rings is 1. The molecule has 2 heterocycles. The van der Waals surface area contributed by atoms with Gasteiger partial charge in [0.05, 0.1) is 22.0 Å². The lowest BCUT2D eigenvalue weighted by Crippen LogP contribution is -2.15. The van der Waals surface area contributed by atoms with Gasteiger partial charge >= 0.3 is 0 Å². The third-order valence-corrected chi connectivity index (χ3v) is 5.68. The first-order chi connectivity index (χ1) is 13.9. The molecule has 0 atom stereocenters. The number of nitrogens with one attached hydrogen (secondary N) is 1. The van der Waals surface area contributed by atoms with Gasteiger partial charge in [-0.1, -0.05) is 46.9 Å². The first-order valence-corrected chi connectivity index (χ1v) is 10.5. The van der Waals surface area contributed by atoms with Crippen molar-refractivity contribution in [1.29, 1.82) is 0 Å². The fourth-order valence-corrected chi connectivity index (χ4v) is 4.12. The number of aryl methyl sites for hydroxylation is 1. The van der Waals surface area contributed by atoms with E-state index in [-0.39, 0.29) is 10.9 Å². The van der Waals surface area contributed by atoms with Crippen LogP contribution < -0.4 is 5.32 Å². The summed E-state index contributed by atoms with van der Waals surface area (Å²) in [6.07, 6.45) is 0. The second-order valence-electron chi connectivity index (χ2n) is 6.18. The van der Waals surface area contributed by atoms with Crippen molar-refractivity contribution in [3.8, 4) is 16.4 Å². The number of aromatic nitrogens is 3. The van der Waals surface area contributed by atoms with E-state index >= 15 is 0 Å². The van der Waals surface area contributed by atoms with Crippen molar-refractivity contribution in [2.24, 2.45) is 0 Å². The monoisotopic (exact) mass is 462 g/mol. The first kappa shape index (κ1) is 19.9. The molecule has 0 aliphatic carbocycles. The van der Waals surface area contributed by atoms with Gasteiger partial charge in [-0.3, -0.25) is 4.79 Å². The zero-order valence-corrected chi connectivity index (χ0v) is 18.1. The standard InChI is InChI=1S/C20H13Cl3N4OS/c1-11-8-18(25-19(28)15-7-6-14(22)9-16(15)23)27(26-11)20-24-17(10-29-20)12-2-4-13(21)5-3-12/h2-10H,1H3,(H,25,28). The van der Waals surface area contributed by atoms with E-state index in [2.05, 4.69) is 15.4 Å². The first-order valence-electron chi connectivity index (χ1n) is 8.45. The van der Waals surface area contributed by atoms with Crippen molar-refractivity contribution in [3.05, 3.63) is 80.2 Å². The van der Waals surface area contributed by atoms with E-state index in [4.69, 9.17) is 34.8 Å². The van der Waals surface area contributed by atoms with Crippen LogP contribution >= 0.6 is 46.1 Å². The fourth-order valence-electron chi connectivity index (χ4n) is 2.71. The largest absolute Gasteiger partial charge is 0.306 e. The summed E-state index contributed by atoms with van der Waals surface area (Å²) in [7, 11) is 0. The Morgan fingerprint density at radius 3 is 2.48 bits per heavy atom. The summed E-state index contributed by atoms with van der Waals surface area (Å²) in [6.45, 7) is 1.84. The lowest BCUT2D eigenvalue weighted by atomic mass is 10.2. The molecule has 5 nitrogen and oxygen atoms in total. The van der Waals surface area contributed by atoms with Gasteiger partial charge in [-0.25, -0.2) is 4.98 Å². The molecule has 2 aromatic carbocycles. The lowest BCUT2D eigenvalue weighted by molar-refractivity contribution is 0.102. The van der Waals surface area contributed by atoms with Gasteiger partial charge in [0.1, 0.15) is 5.82 Å². The maximum Gasteiger partial charge on any atom is 0.258 e. The van der Waals surface area contributed by atoms with Gasteiger partial charge in [-0.2, -0.15) is 9.78 Å². The molecule has 0 aliphatic rings. The number of halogens is 3. The summed E-state index contributed by atoms with van der Waals surface area (Å²) in [5, 5.41) is 11.3. The van der Waals surface area contributed by atoms with Gasteiger partial charge in [0, 0.05) is 27.1 Å². The highest BCUT2D eigenvalue weighted by atomic mass is 35.5. The summed E-state index contributed by atoms with van der Waals surface area (Å²) >= 11 is 19.4. The zero-order chi connectivity index (χ0) is 20.5. The Kier molecular flexibility index (Phi) is 5.61. The average Bonchev–Trinajstić information content (AvgIpc) is 3.29. The minimum atomic E-state index is -0.359. The molecule has 2 aromatic heterocycles. The minimum Gasteiger partial charge on any atom is -0.306 e. The molecule has 9 heteroatoms. The van der Waals surface area contributed by atoms with Crippen LogP contribution in [0.2, 0.25) is 15.1 Å². The number of carbonyl (C=O) groups excluding carboxylic acids is 1. The molecule has 0 radical (unpaired) electrons.